The molecule has 2 heterocycles. The van der Waals surface area contributed by atoms with E-state index in [1.54, 1.807) is 18.3 Å². The quantitative estimate of drug-likeness (QED) is 0.483. The number of carbonyl (C=O) groups is 1. The van der Waals surface area contributed by atoms with Gasteiger partial charge in [0.1, 0.15) is 5.82 Å². The number of rotatable bonds is 8. The van der Waals surface area contributed by atoms with Crippen molar-refractivity contribution in [1.82, 2.24) is 9.97 Å². The second kappa shape index (κ2) is 9.39. The molecule has 1 aliphatic carbocycles. The van der Waals surface area contributed by atoms with Crippen molar-refractivity contribution in [1.29, 1.82) is 5.26 Å². The van der Waals surface area contributed by atoms with Crippen molar-refractivity contribution in [2.24, 2.45) is 0 Å². The minimum Gasteiger partial charge on any atom is -0.395 e. The maximum Gasteiger partial charge on any atom is 0.255 e. The predicted molar refractivity (Wildman–Crippen MR) is 128 cm³/mol. The number of amides is 1. The Balaban J connectivity index is 1.60. The van der Waals surface area contributed by atoms with Gasteiger partial charge in [0.2, 0.25) is 0 Å². The van der Waals surface area contributed by atoms with Crippen LogP contribution in [0.1, 0.15) is 47.1 Å². The molecular formula is C26H27N5O2. The molecule has 1 saturated carbocycles. The molecule has 1 fully saturated rings. The lowest BCUT2D eigenvalue weighted by molar-refractivity contribution is 0.102. The molecule has 0 unspecified atom stereocenters. The van der Waals surface area contributed by atoms with Crippen molar-refractivity contribution in [3.8, 4) is 17.2 Å². The number of aromatic nitrogens is 2. The Morgan fingerprint density at radius 2 is 2.03 bits per heavy atom. The average Bonchev–Trinajstić information content (AvgIpc) is 3.65. The number of hydrogen-bond donors (Lipinski definition) is 3. The van der Waals surface area contributed by atoms with Gasteiger partial charge in [-0.2, -0.15) is 5.26 Å². The first kappa shape index (κ1) is 22.4. The SMILES string of the molecule is CCc1cc(-c2cc(NC(=O)c3ccnc(C4(C#N)CC4)c3)ccc2C)cc(NCCO)n1. The first-order chi connectivity index (χ1) is 16.0. The van der Waals surface area contributed by atoms with Gasteiger partial charge in [-0.1, -0.05) is 13.0 Å². The highest BCUT2D eigenvalue weighted by atomic mass is 16.3. The van der Waals surface area contributed by atoms with Crippen LogP contribution in [0.25, 0.3) is 11.1 Å². The normalized spacial score (nSPS) is 13.8. The summed E-state index contributed by atoms with van der Waals surface area (Å²) >= 11 is 0. The molecule has 1 aromatic carbocycles. The number of aliphatic hydroxyl groups excluding tert-OH is 1. The van der Waals surface area contributed by atoms with Crippen LogP contribution in [0.15, 0.2) is 48.7 Å². The first-order valence-electron chi connectivity index (χ1n) is 11.1. The molecule has 4 rings (SSSR count). The van der Waals surface area contributed by atoms with Crippen LogP contribution in [0.2, 0.25) is 0 Å². The fourth-order valence-electron chi connectivity index (χ4n) is 3.80. The average molecular weight is 442 g/mol. The van der Waals surface area contributed by atoms with Gasteiger partial charge in [0.25, 0.3) is 5.91 Å². The van der Waals surface area contributed by atoms with E-state index in [4.69, 9.17) is 5.11 Å². The summed E-state index contributed by atoms with van der Waals surface area (Å²) in [6, 6.07) is 15.5. The fourth-order valence-corrected chi connectivity index (χ4v) is 3.80. The summed E-state index contributed by atoms with van der Waals surface area (Å²) in [6.07, 6.45) is 3.94. The molecule has 2 aromatic heterocycles. The summed E-state index contributed by atoms with van der Waals surface area (Å²) in [4.78, 5) is 21.8. The van der Waals surface area contributed by atoms with E-state index >= 15 is 0 Å². The maximum absolute atomic E-state index is 12.9. The Morgan fingerprint density at radius 1 is 1.21 bits per heavy atom. The Bertz CT molecular complexity index is 1230. The molecule has 168 valence electrons. The number of nitrogens with zero attached hydrogens (tertiary/aromatic N) is 3. The highest BCUT2D eigenvalue weighted by Gasteiger charge is 2.46. The Hall–Kier alpha value is -3.76. The molecule has 1 aliphatic rings. The molecular weight excluding hydrogens is 414 g/mol. The van der Waals surface area contributed by atoms with Gasteiger partial charge in [0.05, 0.1) is 23.8 Å². The third-order valence-electron chi connectivity index (χ3n) is 5.94. The minimum atomic E-state index is -0.534. The monoisotopic (exact) mass is 441 g/mol. The lowest BCUT2D eigenvalue weighted by Gasteiger charge is -2.14. The summed E-state index contributed by atoms with van der Waals surface area (Å²) in [7, 11) is 0. The zero-order valence-electron chi connectivity index (χ0n) is 18.9. The summed E-state index contributed by atoms with van der Waals surface area (Å²) in [5, 5.41) is 24.7. The van der Waals surface area contributed by atoms with Crippen LogP contribution in [0, 0.1) is 18.3 Å². The molecule has 7 heteroatoms. The second-order valence-electron chi connectivity index (χ2n) is 8.34. The molecule has 7 nitrogen and oxygen atoms in total. The van der Waals surface area contributed by atoms with Crippen molar-refractivity contribution in [3.05, 3.63) is 71.2 Å². The van der Waals surface area contributed by atoms with Crippen LogP contribution in [-0.4, -0.2) is 34.1 Å². The van der Waals surface area contributed by atoms with Gasteiger partial charge < -0.3 is 15.7 Å². The third kappa shape index (κ3) is 4.86. The molecule has 3 N–H and O–H groups in total. The largest absolute Gasteiger partial charge is 0.395 e. The highest BCUT2D eigenvalue weighted by Crippen LogP contribution is 2.46. The van der Waals surface area contributed by atoms with Crippen LogP contribution in [0.3, 0.4) is 0 Å². The minimum absolute atomic E-state index is 0.0279. The van der Waals surface area contributed by atoms with Crippen LogP contribution in [-0.2, 0) is 11.8 Å². The van der Waals surface area contributed by atoms with Gasteiger partial charge >= 0.3 is 0 Å². The maximum atomic E-state index is 12.9. The molecule has 33 heavy (non-hydrogen) atoms. The molecule has 0 saturated heterocycles. The Morgan fingerprint density at radius 3 is 2.73 bits per heavy atom. The highest BCUT2D eigenvalue weighted by molar-refractivity contribution is 6.04. The fraction of sp³-hybridized carbons (Fsp3) is 0.308. The third-order valence-corrected chi connectivity index (χ3v) is 5.94. The van der Waals surface area contributed by atoms with E-state index in [1.165, 1.54) is 0 Å². The van der Waals surface area contributed by atoms with E-state index in [0.717, 1.165) is 41.6 Å². The van der Waals surface area contributed by atoms with E-state index in [-0.39, 0.29) is 12.5 Å². The summed E-state index contributed by atoms with van der Waals surface area (Å²) < 4.78 is 0. The zero-order valence-corrected chi connectivity index (χ0v) is 18.9. The summed E-state index contributed by atoms with van der Waals surface area (Å²) in [5.74, 6) is 0.472. The topological polar surface area (TPSA) is 111 Å². The van der Waals surface area contributed by atoms with Crippen molar-refractivity contribution < 1.29 is 9.90 Å². The number of aliphatic hydroxyl groups is 1. The van der Waals surface area contributed by atoms with Crippen molar-refractivity contribution >= 4 is 17.4 Å². The number of carbonyl (C=O) groups excluding carboxylic acids is 1. The van der Waals surface area contributed by atoms with Crippen molar-refractivity contribution in [2.75, 3.05) is 23.8 Å². The predicted octanol–water partition coefficient (Wildman–Crippen LogP) is 4.23. The number of benzene rings is 1. The zero-order chi connectivity index (χ0) is 23.4. The van der Waals surface area contributed by atoms with Crippen molar-refractivity contribution in [2.45, 2.75) is 38.5 Å². The van der Waals surface area contributed by atoms with Gasteiger partial charge in [-0.25, -0.2) is 4.98 Å². The molecule has 0 spiro atoms. The van der Waals surface area contributed by atoms with E-state index in [1.807, 2.05) is 44.2 Å². The van der Waals surface area contributed by atoms with E-state index in [2.05, 4.69) is 26.7 Å². The van der Waals surface area contributed by atoms with E-state index in [0.29, 0.717) is 29.3 Å². The summed E-state index contributed by atoms with van der Waals surface area (Å²) in [5.41, 5.74) is 5.29. The molecule has 0 atom stereocenters. The smallest absolute Gasteiger partial charge is 0.255 e. The Labute approximate surface area is 193 Å². The second-order valence-corrected chi connectivity index (χ2v) is 8.34. The number of aryl methyl sites for hydroxylation is 2. The summed E-state index contributed by atoms with van der Waals surface area (Å²) in [6.45, 7) is 4.53. The number of anilines is 2. The lowest BCUT2D eigenvalue weighted by atomic mass is 9.99. The van der Waals surface area contributed by atoms with Crippen LogP contribution >= 0.6 is 0 Å². The van der Waals surface area contributed by atoms with Gasteiger partial charge in [-0.15, -0.1) is 0 Å². The molecule has 3 aromatic rings. The molecule has 0 radical (unpaired) electrons. The van der Waals surface area contributed by atoms with Crippen LogP contribution < -0.4 is 10.6 Å². The van der Waals surface area contributed by atoms with Crippen molar-refractivity contribution in [3.63, 3.8) is 0 Å². The number of hydrogen-bond acceptors (Lipinski definition) is 6. The number of nitriles is 1. The van der Waals surface area contributed by atoms with E-state index < -0.39 is 5.41 Å². The number of nitrogens with one attached hydrogen (secondary N) is 2. The van der Waals surface area contributed by atoms with Gasteiger partial charge in [0.15, 0.2) is 0 Å². The standard InChI is InChI=1S/C26H27N5O2/c1-3-20-12-19(14-24(30-20)29-10-11-32)22-15-21(5-4-17(22)2)31-25(33)18-6-9-28-23(13-18)26(16-27)7-8-26/h4-6,9,12-15,32H,3,7-8,10-11H2,1-2H3,(H,29,30)(H,31,33). The molecule has 0 aliphatic heterocycles. The van der Waals surface area contributed by atoms with Crippen LogP contribution in [0.5, 0.6) is 0 Å². The van der Waals surface area contributed by atoms with Crippen LogP contribution in [0.4, 0.5) is 11.5 Å². The van der Waals surface area contributed by atoms with E-state index in [9.17, 15) is 10.1 Å². The first-order valence-corrected chi connectivity index (χ1v) is 11.1. The number of pyridine rings is 2. The van der Waals surface area contributed by atoms with Gasteiger partial charge in [-0.05, 0) is 79.3 Å². The molecule has 1 amide bonds. The lowest BCUT2D eigenvalue weighted by Crippen LogP contribution is -2.14. The van der Waals surface area contributed by atoms with Gasteiger partial charge in [-0.3, -0.25) is 9.78 Å². The van der Waals surface area contributed by atoms with Gasteiger partial charge in [0, 0.05) is 29.7 Å². The molecule has 0 bridgehead atoms. The Kier molecular flexibility index (Phi) is 6.38.